The molecule has 0 amide bonds. The first-order valence-corrected chi connectivity index (χ1v) is 8.57. The van der Waals surface area contributed by atoms with Crippen LogP contribution in [0.5, 0.6) is 0 Å². The van der Waals surface area contributed by atoms with Gasteiger partial charge in [0.15, 0.2) is 0 Å². The molecule has 3 saturated carbocycles. The van der Waals surface area contributed by atoms with E-state index in [0.717, 1.165) is 42.2 Å². The highest BCUT2D eigenvalue weighted by Crippen LogP contribution is 2.70. The van der Waals surface area contributed by atoms with Gasteiger partial charge in [-0.25, -0.2) is 0 Å². The summed E-state index contributed by atoms with van der Waals surface area (Å²) in [6.07, 6.45) is 5.91. The third-order valence-electron chi connectivity index (χ3n) is 5.76. The van der Waals surface area contributed by atoms with Crippen molar-refractivity contribution in [1.29, 1.82) is 0 Å². The molecule has 0 spiro atoms. The molecule has 2 heteroatoms. The number of thiophene rings is 1. The summed E-state index contributed by atoms with van der Waals surface area (Å²) in [4.78, 5) is 0. The van der Waals surface area contributed by atoms with E-state index in [1.807, 2.05) is 11.3 Å². The fraction of sp³-hybridized carbons (Fsp3) is 0.750. The molecule has 18 heavy (non-hydrogen) atoms. The van der Waals surface area contributed by atoms with Gasteiger partial charge in [0.2, 0.25) is 0 Å². The molecule has 3 fully saturated rings. The summed E-state index contributed by atoms with van der Waals surface area (Å²) in [5, 5.41) is 8.33. The van der Waals surface area contributed by atoms with Crippen LogP contribution in [0.15, 0.2) is 16.8 Å². The minimum absolute atomic E-state index is 0.753. The molecule has 1 aromatic heterocycles. The van der Waals surface area contributed by atoms with E-state index in [1.54, 1.807) is 24.8 Å². The molecule has 1 nitrogen and oxygen atoms in total. The molecule has 0 saturated heterocycles. The fourth-order valence-corrected chi connectivity index (χ4v) is 5.88. The highest BCUT2D eigenvalue weighted by atomic mass is 32.1. The first kappa shape index (κ1) is 11.5. The summed E-state index contributed by atoms with van der Waals surface area (Å²) in [5.74, 6) is 5.43. The summed E-state index contributed by atoms with van der Waals surface area (Å²) < 4.78 is 0. The minimum Gasteiger partial charge on any atom is -0.314 e. The van der Waals surface area contributed by atoms with Gasteiger partial charge in [-0.3, -0.25) is 0 Å². The lowest BCUT2D eigenvalue weighted by Gasteiger charge is -2.21. The second kappa shape index (κ2) is 4.35. The van der Waals surface area contributed by atoms with Gasteiger partial charge in [-0.2, -0.15) is 11.3 Å². The molecule has 1 aromatic rings. The van der Waals surface area contributed by atoms with E-state index < -0.39 is 0 Å². The van der Waals surface area contributed by atoms with E-state index in [2.05, 4.69) is 29.1 Å². The Morgan fingerprint density at radius 1 is 1.33 bits per heavy atom. The Morgan fingerprint density at radius 2 is 2.11 bits per heavy atom. The molecule has 0 aliphatic heterocycles. The topological polar surface area (TPSA) is 12.0 Å². The number of rotatable bonds is 5. The summed E-state index contributed by atoms with van der Waals surface area (Å²) in [5.41, 5.74) is 1.54. The zero-order valence-corrected chi connectivity index (χ0v) is 12.0. The predicted octanol–water partition coefficient (Wildman–Crippen LogP) is 3.56. The van der Waals surface area contributed by atoms with Crippen molar-refractivity contribution in [3.05, 3.63) is 22.4 Å². The van der Waals surface area contributed by atoms with E-state index in [1.165, 1.54) is 6.42 Å². The van der Waals surface area contributed by atoms with Crippen LogP contribution < -0.4 is 5.32 Å². The number of fused-ring (bicyclic) bond motifs is 5. The molecule has 0 aromatic carbocycles. The summed E-state index contributed by atoms with van der Waals surface area (Å²) >= 11 is 1.84. The van der Waals surface area contributed by atoms with Gasteiger partial charge in [-0.15, -0.1) is 0 Å². The molecule has 3 aliphatic carbocycles. The number of hydrogen-bond donors (Lipinski definition) is 1. The smallest absolute Gasteiger partial charge is 0.0142 e. The molecule has 4 rings (SSSR count). The average Bonchev–Trinajstić information content (AvgIpc) is 2.81. The molecule has 5 unspecified atom stereocenters. The van der Waals surface area contributed by atoms with E-state index in [9.17, 15) is 0 Å². The zero-order chi connectivity index (χ0) is 12.1. The van der Waals surface area contributed by atoms with Crippen LogP contribution in [-0.4, -0.2) is 12.6 Å². The van der Waals surface area contributed by atoms with Crippen molar-refractivity contribution in [3.8, 4) is 0 Å². The van der Waals surface area contributed by atoms with E-state index in [4.69, 9.17) is 0 Å². The Bertz CT molecular complexity index is 397. The number of likely N-dealkylation sites (N-methyl/N-ethyl adjacent to an activating group) is 1. The molecule has 98 valence electrons. The van der Waals surface area contributed by atoms with Crippen LogP contribution in [0.3, 0.4) is 0 Å². The van der Waals surface area contributed by atoms with Gasteiger partial charge >= 0.3 is 0 Å². The van der Waals surface area contributed by atoms with Gasteiger partial charge in [0, 0.05) is 6.04 Å². The average molecular weight is 261 g/mol. The van der Waals surface area contributed by atoms with Crippen molar-refractivity contribution in [2.75, 3.05) is 6.54 Å². The number of nitrogens with one attached hydrogen (secondary N) is 1. The zero-order valence-electron chi connectivity index (χ0n) is 11.1. The summed E-state index contributed by atoms with van der Waals surface area (Å²) in [7, 11) is 0. The Kier molecular flexibility index (Phi) is 2.77. The predicted molar refractivity (Wildman–Crippen MR) is 76.8 cm³/mol. The Morgan fingerprint density at radius 3 is 2.72 bits per heavy atom. The molecule has 2 bridgehead atoms. The van der Waals surface area contributed by atoms with Gasteiger partial charge < -0.3 is 5.32 Å². The van der Waals surface area contributed by atoms with Crippen LogP contribution in [0.25, 0.3) is 0 Å². The lowest BCUT2D eigenvalue weighted by molar-refractivity contribution is 0.366. The first-order valence-electron chi connectivity index (χ1n) is 7.63. The highest BCUT2D eigenvalue weighted by Gasteiger charge is 2.66. The lowest BCUT2D eigenvalue weighted by Crippen LogP contribution is -2.35. The molecule has 3 aliphatic rings. The van der Waals surface area contributed by atoms with E-state index in [-0.39, 0.29) is 0 Å². The van der Waals surface area contributed by atoms with Crippen LogP contribution in [0.2, 0.25) is 0 Å². The van der Waals surface area contributed by atoms with Crippen LogP contribution in [0.1, 0.15) is 31.7 Å². The maximum absolute atomic E-state index is 3.78. The van der Waals surface area contributed by atoms with Gasteiger partial charge in [0.05, 0.1) is 0 Å². The molecule has 1 heterocycles. The van der Waals surface area contributed by atoms with Crippen molar-refractivity contribution in [1.82, 2.24) is 5.32 Å². The van der Waals surface area contributed by atoms with Crippen molar-refractivity contribution < 1.29 is 0 Å². The van der Waals surface area contributed by atoms with Crippen LogP contribution in [0, 0.1) is 29.6 Å². The lowest BCUT2D eigenvalue weighted by atomic mass is 9.94. The fourth-order valence-electron chi connectivity index (χ4n) is 5.20. The van der Waals surface area contributed by atoms with Crippen LogP contribution >= 0.6 is 11.3 Å². The van der Waals surface area contributed by atoms with E-state index >= 15 is 0 Å². The van der Waals surface area contributed by atoms with Crippen LogP contribution in [0.4, 0.5) is 0 Å². The Labute approximate surface area is 114 Å². The second-order valence-electron chi connectivity index (χ2n) is 6.57. The summed E-state index contributed by atoms with van der Waals surface area (Å²) in [6, 6.07) is 3.06. The minimum atomic E-state index is 0.753. The quantitative estimate of drug-likeness (QED) is 0.854. The molecule has 0 radical (unpaired) electrons. The van der Waals surface area contributed by atoms with Gasteiger partial charge in [-0.05, 0) is 84.2 Å². The third-order valence-corrected chi connectivity index (χ3v) is 6.49. The van der Waals surface area contributed by atoms with Crippen molar-refractivity contribution in [2.24, 2.45) is 29.6 Å². The standard InChI is InChI=1S/C16H23NS/c1-2-17-13(7-10-5-6-18-9-10)16-14-11-3-4-12(8-11)15(14)16/h5-6,9,11-17H,2-4,7-8H2,1H3. The monoisotopic (exact) mass is 261 g/mol. The first-order chi connectivity index (χ1) is 8.88. The maximum Gasteiger partial charge on any atom is 0.0142 e. The molecular formula is C16H23NS. The van der Waals surface area contributed by atoms with Gasteiger partial charge in [0.25, 0.3) is 0 Å². The largest absolute Gasteiger partial charge is 0.314 e. The second-order valence-corrected chi connectivity index (χ2v) is 7.35. The normalized spacial score (nSPS) is 41.9. The maximum atomic E-state index is 3.78. The van der Waals surface area contributed by atoms with Gasteiger partial charge in [0.1, 0.15) is 0 Å². The molecule has 1 N–H and O–H groups in total. The van der Waals surface area contributed by atoms with E-state index in [0.29, 0.717) is 0 Å². The number of hydrogen-bond acceptors (Lipinski definition) is 2. The third kappa shape index (κ3) is 1.69. The molecule has 5 atom stereocenters. The Hall–Kier alpha value is -0.340. The SMILES string of the molecule is CCNC(Cc1ccsc1)C1C2C3CCC(C3)C21. The Balaban J connectivity index is 1.48. The molecular weight excluding hydrogens is 238 g/mol. The van der Waals surface area contributed by atoms with Crippen molar-refractivity contribution >= 4 is 11.3 Å². The van der Waals surface area contributed by atoms with Crippen LogP contribution in [-0.2, 0) is 6.42 Å². The summed E-state index contributed by atoms with van der Waals surface area (Å²) in [6.45, 7) is 3.38. The van der Waals surface area contributed by atoms with Gasteiger partial charge in [-0.1, -0.05) is 6.92 Å². The van der Waals surface area contributed by atoms with Crippen molar-refractivity contribution in [2.45, 2.75) is 38.6 Å². The van der Waals surface area contributed by atoms with Crippen molar-refractivity contribution in [3.63, 3.8) is 0 Å². The highest BCUT2D eigenvalue weighted by molar-refractivity contribution is 7.07.